The first-order valence-electron chi connectivity index (χ1n) is 11.9. The Hall–Kier alpha value is -4.23. The predicted molar refractivity (Wildman–Crippen MR) is 140 cm³/mol. The van der Waals surface area contributed by atoms with E-state index in [9.17, 15) is 19.2 Å². The fraction of sp³-hybridized carbons (Fsp3) is 0.172. The number of Topliss-reactive ketones (excluding diaryl/α,β-unsaturated/α-hetero) is 1. The van der Waals surface area contributed by atoms with Crippen molar-refractivity contribution in [3.8, 4) is 0 Å². The molecule has 2 saturated heterocycles. The van der Waals surface area contributed by atoms with E-state index in [1.165, 1.54) is 11.8 Å². The molecular formula is C29H22ClN3O4. The number of nitrogens with one attached hydrogen (secondary N) is 1. The van der Waals surface area contributed by atoms with Crippen molar-refractivity contribution in [3.63, 3.8) is 0 Å². The molecule has 0 bridgehead atoms. The molecule has 0 aliphatic carbocycles. The van der Waals surface area contributed by atoms with Crippen molar-refractivity contribution >= 4 is 52.6 Å². The van der Waals surface area contributed by atoms with E-state index in [1.807, 2.05) is 41.4 Å². The summed E-state index contributed by atoms with van der Waals surface area (Å²) >= 11 is 5.99. The van der Waals surface area contributed by atoms with Crippen LogP contribution < -0.4 is 10.2 Å². The SMILES string of the molecule is CC(=O)c1ccc(N2C(=O)C3C(C2=O)C2c4ccccc4C=CN2C3C(=O)Nc2ccc(Cl)cc2)cc1. The molecule has 0 aromatic heterocycles. The van der Waals surface area contributed by atoms with Crippen LogP contribution in [0.25, 0.3) is 6.08 Å². The number of hydrogen-bond donors (Lipinski definition) is 1. The van der Waals surface area contributed by atoms with Crippen LogP contribution >= 0.6 is 11.6 Å². The average molecular weight is 512 g/mol. The highest BCUT2D eigenvalue weighted by Crippen LogP contribution is 2.53. The lowest BCUT2D eigenvalue weighted by molar-refractivity contribution is -0.128. The highest BCUT2D eigenvalue weighted by Gasteiger charge is 2.64. The van der Waals surface area contributed by atoms with E-state index in [4.69, 9.17) is 11.6 Å². The smallest absolute Gasteiger partial charge is 0.247 e. The van der Waals surface area contributed by atoms with E-state index < -0.39 is 29.8 Å². The van der Waals surface area contributed by atoms with E-state index in [0.717, 1.165) is 11.1 Å². The summed E-state index contributed by atoms with van der Waals surface area (Å²) in [6.07, 6.45) is 3.71. The molecular weight excluding hydrogens is 490 g/mol. The number of benzene rings is 3. The summed E-state index contributed by atoms with van der Waals surface area (Å²) in [4.78, 5) is 56.2. The van der Waals surface area contributed by atoms with Crippen molar-refractivity contribution in [2.75, 3.05) is 10.2 Å². The number of amides is 3. The molecule has 3 heterocycles. The highest BCUT2D eigenvalue weighted by atomic mass is 35.5. The molecule has 4 atom stereocenters. The van der Waals surface area contributed by atoms with Gasteiger partial charge in [0.2, 0.25) is 17.7 Å². The lowest BCUT2D eigenvalue weighted by Crippen LogP contribution is -2.46. The fourth-order valence-electron chi connectivity index (χ4n) is 5.71. The Morgan fingerprint density at radius 2 is 1.54 bits per heavy atom. The molecule has 1 N–H and O–H groups in total. The molecule has 8 heteroatoms. The van der Waals surface area contributed by atoms with Gasteiger partial charge in [0.05, 0.1) is 23.6 Å². The number of carbonyl (C=O) groups excluding carboxylic acids is 4. The average Bonchev–Trinajstić information content (AvgIpc) is 3.38. The second-order valence-corrected chi connectivity index (χ2v) is 9.88. The van der Waals surface area contributed by atoms with Crippen molar-refractivity contribution in [2.24, 2.45) is 11.8 Å². The maximum Gasteiger partial charge on any atom is 0.247 e. The predicted octanol–water partition coefficient (Wildman–Crippen LogP) is 4.70. The summed E-state index contributed by atoms with van der Waals surface area (Å²) in [5, 5.41) is 3.44. The molecule has 3 amide bonds. The van der Waals surface area contributed by atoms with Crippen LogP contribution in [0.2, 0.25) is 5.02 Å². The number of rotatable bonds is 4. The van der Waals surface area contributed by atoms with Crippen molar-refractivity contribution < 1.29 is 19.2 Å². The first-order chi connectivity index (χ1) is 17.8. The Labute approximate surface area is 218 Å². The molecule has 4 unspecified atom stereocenters. The standard InChI is InChI=1S/C29H22ClN3O4/c1-16(34)17-6-12-21(13-7-17)33-28(36)23-24(29(33)37)26(27(35)31-20-10-8-19(30)9-11-20)32-15-14-18-4-2-3-5-22(18)25(23)32/h2-15,23-26H,1H3,(H,31,35). The Morgan fingerprint density at radius 3 is 2.24 bits per heavy atom. The van der Waals surface area contributed by atoms with E-state index >= 15 is 0 Å². The quantitative estimate of drug-likeness (QED) is 0.405. The van der Waals surface area contributed by atoms with E-state index in [-0.39, 0.29) is 17.6 Å². The molecule has 6 rings (SSSR count). The van der Waals surface area contributed by atoms with E-state index in [0.29, 0.717) is 22.0 Å². The number of ketones is 1. The van der Waals surface area contributed by atoms with Gasteiger partial charge in [0.25, 0.3) is 0 Å². The largest absolute Gasteiger partial charge is 0.357 e. The van der Waals surface area contributed by atoms with Crippen LogP contribution in [0.15, 0.2) is 79.0 Å². The van der Waals surface area contributed by atoms with Gasteiger partial charge in [-0.15, -0.1) is 0 Å². The third-order valence-corrected chi connectivity index (χ3v) is 7.63. The van der Waals surface area contributed by atoms with Gasteiger partial charge in [-0.3, -0.25) is 19.2 Å². The van der Waals surface area contributed by atoms with E-state index in [2.05, 4.69) is 5.32 Å². The lowest BCUT2D eigenvalue weighted by atomic mass is 9.84. The molecule has 3 aromatic carbocycles. The summed E-state index contributed by atoms with van der Waals surface area (Å²) in [5.74, 6) is -2.89. The number of carbonyl (C=O) groups is 4. The molecule has 7 nitrogen and oxygen atoms in total. The maximum absolute atomic E-state index is 13.9. The molecule has 3 aliphatic heterocycles. The van der Waals surface area contributed by atoms with Crippen LogP contribution in [-0.4, -0.2) is 34.4 Å². The normalized spacial score (nSPS) is 23.5. The molecule has 2 fully saturated rings. The minimum atomic E-state index is -0.895. The zero-order chi connectivity index (χ0) is 25.8. The summed E-state index contributed by atoms with van der Waals surface area (Å²) in [6.45, 7) is 1.46. The minimum Gasteiger partial charge on any atom is -0.357 e. The van der Waals surface area contributed by atoms with Crippen LogP contribution in [-0.2, 0) is 14.4 Å². The molecule has 0 spiro atoms. The Bertz CT molecular complexity index is 1480. The second kappa shape index (κ2) is 8.71. The molecule has 184 valence electrons. The van der Waals surface area contributed by atoms with Gasteiger partial charge in [-0.1, -0.05) is 35.9 Å². The summed E-state index contributed by atoms with van der Waals surface area (Å²) in [5.41, 5.74) is 3.27. The first kappa shape index (κ1) is 23.2. The van der Waals surface area contributed by atoms with Gasteiger partial charge in [0, 0.05) is 22.5 Å². The van der Waals surface area contributed by atoms with Gasteiger partial charge in [-0.25, -0.2) is 4.90 Å². The number of imide groups is 1. The third-order valence-electron chi connectivity index (χ3n) is 7.37. The van der Waals surface area contributed by atoms with Crippen LogP contribution in [0, 0.1) is 11.8 Å². The van der Waals surface area contributed by atoms with Gasteiger partial charge >= 0.3 is 0 Å². The van der Waals surface area contributed by atoms with Crippen molar-refractivity contribution in [3.05, 3.63) is 101 Å². The molecule has 0 saturated carbocycles. The molecule has 37 heavy (non-hydrogen) atoms. The number of halogens is 1. The topological polar surface area (TPSA) is 86.8 Å². The minimum absolute atomic E-state index is 0.109. The fourth-order valence-corrected chi connectivity index (χ4v) is 5.83. The summed E-state index contributed by atoms with van der Waals surface area (Å²) in [7, 11) is 0. The lowest BCUT2D eigenvalue weighted by Gasteiger charge is -2.35. The van der Waals surface area contributed by atoms with Gasteiger partial charge < -0.3 is 10.2 Å². The Kier molecular flexibility index (Phi) is 5.46. The molecule has 0 radical (unpaired) electrons. The third kappa shape index (κ3) is 3.65. The number of anilines is 2. The van der Waals surface area contributed by atoms with Crippen LogP contribution in [0.4, 0.5) is 11.4 Å². The van der Waals surface area contributed by atoms with Gasteiger partial charge in [-0.05, 0) is 72.7 Å². The van der Waals surface area contributed by atoms with Gasteiger partial charge in [0.15, 0.2) is 5.78 Å². The van der Waals surface area contributed by atoms with Crippen molar-refractivity contribution in [1.29, 1.82) is 0 Å². The van der Waals surface area contributed by atoms with Gasteiger partial charge in [-0.2, -0.15) is 0 Å². The Morgan fingerprint density at radius 1 is 0.865 bits per heavy atom. The number of hydrogen-bond acceptors (Lipinski definition) is 5. The molecule has 3 aromatic rings. The maximum atomic E-state index is 13.9. The summed E-state index contributed by atoms with van der Waals surface area (Å²) < 4.78 is 0. The highest BCUT2D eigenvalue weighted by molar-refractivity contribution is 6.30. The second-order valence-electron chi connectivity index (χ2n) is 9.44. The van der Waals surface area contributed by atoms with Crippen LogP contribution in [0.1, 0.15) is 34.5 Å². The van der Waals surface area contributed by atoms with Crippen LogP contribution in [0.5, 0.6) is 0 Å². The molecule has 3 aliphatic rings. The van der Waals surface area contributed by atoms with E-state index in [1.54, 1.807) is 48.5 Å². The number of nitrogens with zero attached hydrogens (tertiary/aromatic N) is 2. The van der Waals surface area contributed by atoms with Crippen molar-refractivity contribution in [1.82, 2.24) is 4.90 Å². The summed E-state index contributed by atoms with van der Waals surface area (Å²) in [6, 6.07) is 19.5. The zero-order valence-corrected chi connectivity index (χ0v) is 20.6. The van der Waals surface area contributed by atoms with Gasteiger partial charge in [0.1, 0.15) is 6.04 Å². The Balaban J connectivity index is 1.42. The number of fused-ring (bicyclic) bond motifs is 5. The first-order valence-corrected chi connectivity index (χ1v) is 12.3. The zero-order valence-electron chi connectivity index (χ0n) is 19.8. The van der Waals surface area contributed by atoms with Crippen molar-refractivity contribution in [2.45, 2.75) is 19.0 Å². The van der Waals surface area contributed by atoms with Crippen LogP contribution in [0.3, 0.4) is 0 Å². The monoisotopic (exact) mass is 511 g/mol.